The molecule has 1 aliphatic heterocycles. The molecule has 1 aromatic heterocycles. The van der Waals surface area contributed by atoms with E-state index in [1.807, 2.05) is 0 Å². The second-order valence-electron chi connectivity index (χ2n) is 4.92. The van der Waals surface area contributed by atoms with Crippen LogP contribution in [0.2, 0.25) is 15.1 Å². The van der Waals surface area contributed by atoms with Crippen LogP contribution in [0.1, 0.15) is 5.69 Å². The number of aromatic nitrogens is 2. The van der Waals surface area contributed by atoms with Crippen LogP contribution in [0, 0.1) is 0 Å². The number of aliphatic imine (C=N–C) groups is 1. The van der Waals surface area contributed by atoms with Gasteiger partial charge in [-0.3, -0.25) is 9.59 Å². The van der Waals surface area contributed by atoms with E-state index in [0.717, 1.165) is 16.8 Å². The van der Waals surface area contributed by atoms with E-state index in [0.29, 0.717) is 4.85 Å². The molecule has 0 spiro atoms. The molecule has 0 bridgehead atoms. The second-order valence-corrected chi connectivity index (χ2v) is 6.17. The molecule has 0 saturated heterocycles. The molecule has 1 N–H and O–H groups in total. The molecule has 26 heavy (non-hydrogen) atoms. The van der Waals surface area contributed by atoms with Crippen molar-refractivity contribution < 1.29 is 10.0 Å². The summed E-state index contributed by atoms with van der Waals surface area (Å²) in [7, 11) is 0. The lowest BCUT2D eigenvalue weighted by atomic mass is 10.2. The Balaban J connectivity index is 2.17. The standard InChI is InChI=1S/C15H8Cl3N5O3/c1-2-12(24)20-15-8(6-19-21-15)11-5-13(25)22(23(11)26)14-9(17)3-7(16)4-10(14)18/h2-6,26H,1H2. The zero-order chi connectivity index (χ0) is 19.0. The highest BCUT2D eigenvalue weighted by Crippen LogP contribution is 2.32. The first kappa shape index (κ1) is 18.1. The summed E-state index contributed by atoms with van der Waals surface area (Å²) in [5.74, 6) is -0.732. The van der Waals surface area contributed by atoms with Gasteiger partial charge in [0.2, 0.25) is 0 Å². The lowest BCUT2D eigenvalue weighted by molar-refractivity contribution is -0.113. The molecule has 3 rings (SSSR count). The minimum absolute atomic E-state index is 0.0160. The third-order valence-corrected chi connectivity index (χ3v) is 4.11. The summed E-state index contributed by atoms with van der Waals surface area (Å²) in [6, 6.07) is 3.84. The number of amides is 1. The van der Waals surface area contributed by atoms with Gasteiger partial charge in [0.15, 0.2) is 5.84 Å². The predicted molar refractivity (Wildman–Crippen MR) is 97.7 cm³/mol. The van der Waals surface area contributed by atoms with Crippen LogP contribution >= 0.6 is 34.8 Å². The van der Waals surface area contributed by atoms with Crippen LogP contribution in [0.25, 0.3) is 11.3 Å². The normalized spacial score (nSPS) is 14.7. The number of hydrogen-bond donors (Lipinski definition) is 1. The SMILES string of the molecule is C=CC(=O)N=C1N=NC=C1c1cc(=O)n(-c2c(Cl)cc(Cl)cc2Cl)n1O. The first-order chi connectivity index (χ1) is 12.3. The largest absolute Gasteiger partial charge is 0.412 e. The second kappa shape index (κ2) is 6.91. The van der Waals surface area contributed by atoms with Gasteiger partial charge in [0.25, 0.3) is 11.5 Å². The molecule has 1 aliphatic rings. The van der Waals surface area contributed by atoms with E-state index in [9.17, 15) is 14.8 Å². The van der Waals surface area contributed by atoms with E-state index < -0.39 is 11.5 Å². The Morgan fingerprint density at radius 3 is 2.50 bits per heavy atom. The van der Waals surface area contributed by atoms with Gasteiger partial charge in [-0.1, -0.05) is 41.4 Å². The van der Waals surface area contributed by atoms with Gasteiger partial charge in [-0.25, -0.2) is 0 Å². The smallest absolute Gasteiger partial charge is 0.274 e. The van der Waals surface area contributed by atoms with Gasteiger partial charge in [0, 0.05) is 11.1 Å². The highest BCUT2D eigenvalue weighted by molar-refractivity contribution is 6.40. The monoisotopic (exact) mass is 411 g/mol. The Bertz CT molecular complexity index is 1070. The fourth-order valence-corrected chi connectivity index (χ4v) is 3.21. The first-order valence-electron chi connectivity index (χ1n) is 6.89. The molecule has 0 radical (unpaired) electrons. The molecule has 132 valence electrons. The van der Waals surface area contributed by atoms with Gasteiger partial charge in [-0.05, 0) is 18.2 Å². The molecule has 0 saturated carbocycles. The number of halogens is 3. The van der Waals surface area contributed by atoms with Crippen molar-refractivity contribution in [3.05, 3.63) is 68.2 Å². The predicted octanol–water partition coefficient (Wildman–Crippen LogP) is 3.75. The van der Waals surface area contributed by atoms with E-state index in [-0.39, 0.29) is 37.9 Å². The van der Waals surface area contributed by atoms with Crippen molar-refractivity contribution in [2.45, 2.75) is 0 Å². The molecular weight excluding hydrogens is 405 g/mol. The molecule has 1 amide bonds. The Morgan fingerprint density at radius 1 is 1.23 bits per heavy atom. The van der Waals surface area contributed by atoms with E-state index in [2.05, 4.69) is 21.8 Å². The Hall–Kier alpha value is -2.68. The van der Waals surface area contributed by atoms with Crippen LogP contribution in [-0.2, 0) is 4.79 Å². The number of nitrogens with zero attached hydrogens (tertiary/aromatic N) is 5. The summed E-state index contributed by atoms with van der Waals surface area (Å²) < 4.78 is 0.836. The third-order valence-electron chi connectivity index (χ3n) is 3.31. The maximum atomic E-state index is 12.4. The number of amidine groups is 1. The van der Waals surface area contributed by atoms with Crippen molar-refractivity contribution in [1.29, 1.82) is 0 Å². The summed E-state index contributed by atoms with van der Waals surface area (Å²) in [6.07, 6.45) is 2.23. The van der Waals surface area contributed by atoms with E-state index in [4.69, 9.17) is 34.8 Å². The molecule has 0 aliphatic carbocycles. The molecule has 11 heteroatoms. The Labute approximate surface area is 160 Å². The number of benzene rings is 1. The van der Waals surface area contributed by atoms with Gasteiger partial charge in [-0.2, -0.15) is 14.8 Å². The maximum Gasteiger partial charge on any atom is 0.274 e. The van der Waals surface area contributed by atoms with Crippen LogP contribution in [0.4, 0.5) is 0 Å². The lowest BCUT2D eigenvalue weighted by Crippen LogP contribution is -2.21. The zero-order valence-electron chi connectivity index (χ0n) is 12.7. The van der Waals surface area contributed by atoms with Crippen LogP contribution in [0.5, 0.6) is 0 Å². The average molecular weight is 413 g/mol. The summed E-state index contributed by atoms with van der Waals surface area (Å²) in [6.45, 7) is 3.31. The maximum absolute atomic E-state index is 12.4. The number of hydrogen-bond acceptors (Lipinski definition) is 4. The van der Waals surface area contributed by atoms with Crippen molar-refractivity contribution in [1.82, 2.24) is 9.53 Å². The molecule has 2 heterocycles. The van der Waals surface area contributed by atoms with Crippen molar-refractivity contribution >= 4 is 52.1 Å². The van der Waals surface area contributed by atoms with Crippen molar-refractivity contribution in [2.75, 3.05) is 0 Å². The molecule has 0 unspecified atom stereocenters. The van der Waals surface area contributed by atoms with E-state index >= 15 is 0 Å². The van der Waals surface area contributed by atoms with Crippen molar-refractivity contribution in [3.63, 3.8) is 0 Å². The zero-order valence-corrected chi connectivity index (χ0v) is 15.0. The minimum Gasteiger partial charge on any atom is -0.412 e. The van der Waals surface area contributed by atoms with Gasteiger partial charge < -0.3 is 5.21 Å². The van der Waals surface area contributed by atoms with Crippen LogP contribution in [0.3, 0.4) is 0 Å². The number of carbonyl (C=O) groups is 1. The number of carbonyl (C=O) groups excluding carboxylic acids is 1. The lowest BCUT2D eigenvalue weighted by Gasteiger charge is -2.12. The van der Waals surface area contributed by atoms with Gasteiger partial charge in [0.1, 0.15) is 11.4 Å². The minimum atomic E-state index is -0.651. The van der Waals surface area contributed by atoms with E-state index in [1.54, 1.807) is 0 Å². The van der Waals surface area contributed by atoms with Crippen LogP contribution < -0.4 is 5.56 Å². The van der Waals surface area contributed by atoms with Crippen molar-refractivity contribution in [3.8, 4) is 5.69 Å². The molecule has 0 fully saturated rings. The molecule has 8 nitrogen and oxygen atoms in total. The summed E-state index contributed by atoms with van der Waals surface area (Å²) in [5.41, 5.74) is -0.474. The molecular formula is C15H8Cl3N5O3. The van der Waals surface area contributed by atoms with Crippen LogP contribution in [0.15, 0.2) is 57.1 Å². The fourth-order valence-electron chi connectivity index (χ4n) is 2.23. The van der Waals surface area contributed by atoms with Crippen LogP contribution in [-0.4, -0.2) is 26.5 Å². The highest BCUT2D eigenvalue weighted by Gasteiger charge is 2.24. The summed E-state index contributed by atoms with van der Waals surface area (Å²) in [4.78, 5) is 28.0. The summed E-state index contributed by atoms with van der Waals surface area (Å²) in [5, 5.41) is 18.2. The van der Waals surface area contributed by atoms with Gasteiger partial charge >= 0.3 is 0 Å². The fraction of sp³-hybridized carbons (Fsp3) is 0. The Morgan fingerprint density at radius 2 is 1.88 bits per heavy atom. The Kier molecular flexibility index (Phi) is 4.82. The summed E-state index contributed by atoms with van der Waals surface area (Å²) >= 11 is 18.1. The molecule has 2 aromatic rings. The topological polar surface area (TPSA) is 101 Å². The molecule has 1 aromatic carbocycles. The molecule has 0 atom stereocenters. The highest BCUT2D eigenvalue weighted by atomic mass is 35.5. The number of azo groups is 1. The quantitative estimate of drug-likeness (QED) is 0.613. The number of rotatable bonds is 3. The first-order valence-corrected chi connectivity index (χ1v) is 8.03. The average Bonchev–Trinajstić information content (AvgIpc) is 3.12. The van der Waals surface area contributed by atoms with Gasteiger partial charge in [0.05, 0.1) is 21.8 Å². The van der Waals surface area contributed by atoms with Crippen molar-refractivity contribution in [2.24, 2.45) is 15.2 Å². The van der Waals surface area contributed by atoms with Gasteiger partial charge in [-0.15, -0.1) is 9.96 Å². The third kappa shape index (κ3) is 3.10. The van der Waals surface area contributed by atoms with E-state index in [1.165, 1.54) is 18.3 Å².